The number of aromatic amines is 1. The van der Waals surface area contributed by atoms with E-state index in [9.17, 15) is 14.9 Å². The van der Waals surface area contributed by atoms with E-state index in [0.29, 0.717) is 46.4 Å². The highest BCUT2D eigenvalue weighted by molar-refractivity contribution is 6.05. The van der Waals surface area contributed by atoms with Crippen LogP contribution in [0.1, 0.15) is 21.5 Å². The third-order valence-electron chi connectivity index (χ3n) is 6.65. The van der Waals surface area contributed by atoms with Crippen molar-refractivity contribution in [3.8, 4) is 17.3 Å². The Morgan fingerprint density at radius 2 is 1.79 bits per heavy atom. The maximum absolute atomic E-state index is 13.0. The summed E-state index contributed by atoms with van der Waals surface area (Å²) in [5.74, 6) is -0.214. The number of nitrogens with one attached hydrogen (secondary N) is 4. The lowest BCUT2D eigenvalue weighted by molar-refractivity contribution is -0.111. The molecule has 3 aromatic carbocycles. The molecule has 0 spiro atoms. The van der Waals surface area contributed by atoms with Gasteiger partial charge in [-0.25, -0.2) is 9.97 Å². The Bertz CT molecular complexity index is 1870. The van der Waals surface area contributed by atoms with Gasteiger partial charge in [-0.05, 0) is 69.0 Å². The standard InChI is InChI=1S/C33H30N8O2/c1-21-10-13-25(38-33-36-19-23(18-34)31(40-33)27-20-35-28-8-5-4-7-26(27)28)17-29(21)39-32(43)22-11-14-24(15-12-22)37-30(42)9-6-16-41(2)3/h4-15,17,19-20,35H,16H2,1-3H3,(H,37,42)(H,39,43)(H,36,38,40). The van der Waals surface area contributed by atoms with E-state index in [-0.39, 0.29) is 11.8 Å². The van der Waals surface area contributed by atoms with Gasteiger partial charge in [-0.3, -0.25) is 9.59 Å². The molecule has 0 aliphatic rings. The quantitative estimate of drug-likeness (QED) is 0.163. The molecule has 0 aliphatic heterocycles. The molecule has 5 rings (SSSR count). The second kappa shape index (κ2) is 12.8. The second-order valence-electron chi connectivity index (χ2n) is 10.2. The Morgan fingerprint density at radius 3 is 2.56 bits per heavy atom. The molecule has 0 saturated heterocycles. The number of fused-ring (bicyclic) bond motifs is 1. The highest BCUT2D eigenvalue weighted by atomic mass is 16.2. The number of carbonyl (C=O) groups excluding carboxylic acids is 2. The Hall–Kier alpha value is -5.79. The van der Waals surface area contributed by atoms with Crippen LogP contribution in [0.5, 0.6) is 0 Å². The van der Waals surface area contributed by atoms with Gasteiger partial charge < -0.3 is 25.8 Å². The highest BCUT2D eigenvalue weighted by Gasteiger charge is 2.15. The summed E-state index contributed by atoms with van der Waals surface area (Å²) >= 11 is 0. The van der Waals surface area contributed by atoms with Crippen LogP contribution < -0.4 is 16.0 Å². The number of hydrogen-bond donors (Lipinski definition) is 4. The van der Waals surface area contributed by atoms with Gasteiger partial charge in [-0.15, -0.1) is 0 Å². The van der Waals surface area contributed by atoms with Gasteiger partial charge in [-0.1, -0.05) is 30.3 Å². The number of anilines is 4. The highest BCUT2D eigenvalue weighted by Crippen LogP contribution is 2.30. The zero-order chi connectivity index (χ0) is 30.3. The van der Waals surface area contributed by atoms with Crippen LogP contribution in [-0.2, 0) is 4.79 Å². The van der Waals surface area contributed by atoms with Crippen molar-refractivity contribution in [2.75, 3.05) is 36.6 Å². The van der Waals surface area contributed by atoms with Crippen molar-refractivity contribution in [1.29, 1.82) is 5.26 Å². The summed E-state index contributed by atoms with van der Waals surface area (Å²) in [7, 11) is 3.85. The van der Waals surface area contributed by atoms with Crippen molar-refractivity contribution in [3.05, 3.63) is 108 Å². The number of amides is 2. The maximum atomic E-state index is 13.0. The maximum Gasteiger partial charge on any atom is 0.255 e. The van der Waals surface area contributed by atoms with Crippen molar-refractivity contribution in [1.82, 2.24) is 19.9 Å². The minimum absolute atomic E-state index is 0.237. The van der Waals surface area contributed by atoms with E-state index in [1.807, 2.05) is 68.5 Å². The predicted molar refractivity (Wildman–Crippen MR) is 169 cm³/mol. The van der Waals surface area contributed by atoms with Crippen LogP contribution in [0.15, 0.2) is 91.3 Å². The number of H-pyrrole nitrogens is 1. The Labute approximate surface area is 249 Å². The molecule has 0 aliphatic carbocycles. The average molecular weight is 571 g/mol. The number of para-hydroxylation sites is 1. The summed E-state index contributed by atoms with van der Waals surface area (Å²) in [5.41, 5.74) is 5.81. The molecule has 43 heavy (non-hydrogen) atoms. The number of hydrogen-bond acceptors (Lipinski definition) is 7. The van der Waals surface area contributed by atoms with Gasteiger partial charge >= 0.3 is 0 Å². The summed E-state index contributed by atoms with van der Waals surface area (Å²) in [4.78, 5) is 39.3. The molecule has 214 valence electrons. The number of nitriles is 1. The topological polar surface area (TPSA) is 139 Å². The van der Waals surface area contributed by atoms with Gasteiger partial charge in [-0.2, -0.15) is 5.26 Å². The van der Waals surface area contributed by atoms with Crippen LogP contribution in [0.2, 0.25) is 0 Å². The molecule has 2 heterocycles. The number of aromatic nitrogens is 3. The average Bonchev–Trinajstić information content (AvgIpc) is 3.43. The minimum atomic E-state index is -0.291. The van der Waals surface area contributed by atoms with E-state index in [2.05, 4.69) is 37.0 Å². The molecule has 0 bridgehead atoms. The van der Waals surface area contributed by atoms with Crippen molar-refractivity contribution >= 4 is 45.7 Å². The molecule has 0 unspecified atom stereocenters. The first-order chi connectivity index (χ1) is 20.8. The third kappa shape index (κ3) is 6.93. The van der Waals surface area contributed by atoms with Crippen molar-refractivity contribution in [2.24, 2.45) is 0 Å². The Kier molecular flexibility index (Phi) is 8.55. The lowest BCUT2D eigenvalue weighted by atomic mass is 10.1. The molecule has 10 heteroatoms. The molecule has 0 fully saturated rings. The number of rotatable bonds is 9. The van der Waals surface area contributed by atoms with Crippen molar-refractivity contribution in [3.63, 3.8) is 0 Å². The van der Waals surface area contributed by atoms with E-state index in [1.165, 1.54) is 12.3 Å². The summed E-state index contributed by atoms with van der Waals surface area (Å²) in [6, 6.07) is 22.2. The van der Waals surface area contributed by atoms with E-state index in [1.54, 1.807) is 36.4 Å². The first kappa shape index (κ1) is 28.7. The first-order valence-corrected chi connectivity index (χ1v) is 13.6. The third-order valence-corrected chi connectivity index (χ3v) is 6.65. The number of likely N-dealkylation sites (N-methyl/N-ethyl adjacent to an activating group) is 1. The minimum Gasteiger partial charge on any atom is -0.360 e. The number of nitrogens with zero attached hydrogens (tertiary/aromatic N) is 4. The summed E-state index contributed by atoms with van der Waals surface area (Å²) in [6.45, 7) is 2.56. The van der Waals surface area contributed by atoms with Crippen LogP contribution in [0, 0.1) is 18.3 Å². The van der Waals surface area contributed by atoms with Gasteiger partial charge in [0.05, 0.1) is 17.5 Å². The van der Waals surface area contributed by atoms with Crippen LogP contribution in [-0.4, -0.2) is 52.3 Å². The molecule has 0 atom stereocenters. The van der Waals surface area contributed by atoms with E-state index in [4.69, 9.17) is 0 Å². The molecule has 5 aromatic rings. The van der Waals surface area contributed by atoms with E-state index in [0.717, 1.165) is 22.0 Å². The van der Waals surface area contributed by atoms with Gasteiger partial charge in [0.15, 0.2) is 0 Å². The van der Waals surface area contributed by atoms with Gasteiger partial charge in [0.2, 0.25) is 11.9 Å². The summed E-state index contributed by atoms with van der Waals surface area (Å²) in [5, 5.41) is 19.6. The smallest absolute Gasteiger partial charge is 0.255 e. The normalized spacial score (nSPS) is 11.0. The number of aryl methyl sites for hydroxylation is 1. The fourth-order valence-corrected chi connectivity index (χ4v) is 4.41. The number of benzene rings is 3. The molecule has 2 aromatic heterocycles. The van der Waals surface area contributed by atoms with Crippen molar-refractivity contribution < 1.29 is 9.59 Å². The van der Waals surface area contributed by atoms with Crippen molar-refractivity contribution in [2.45, 2.75) is 6.92 Å². The fourth-order valence-electron chi connectivity index (χ4n) is 4.41. The fraction of sp³-hybridized carbons (Fsp3) is 0.121. The van der Waals surface area contributed by atoms with Crippen LogP contribution in [0.4, 0.5) is 23.0 Å². The number of carbonyl (C=O) groups is 2. The molecular formula is C33H30N8O2. The zero-order valence-corrected chi connectivity index (χ0v) is 24.0. The first-order valence-electron chi connectivity index (χ1n) is 13.6. The zero-order valence-electron chi connectivity index (χ0n) is 24.0. The van der Waals surface area contributed by atoms with E-state index >= 15 is 0 Å². The lowest BCUT2D eigenvalue weighted by Gasteiger charge is -2.13. The van der Waals surface area contributed by atoms with Gasteiger partial charge in [0.1, 0.15) is 6.07 Å². The summed E-state index contributed by atoms with van der Waals surface area (Å²) < 4.78 is 0. The SMILES string of the molecule is Cc1ccc(Nc2ncc(C#N)c(-c3c[nH]c4ccccc34)n2)cc1NC(=O)c1ccc(NC(=O)C=CCN(C)C)cc1. The monoisotopic (exact) mass is 570 g/mol. The van der Waals surface area contributed by atoms with Gasteiger partial charge in [0.25, 0.3) is 5.91 Å². The van der Waals surface area contributed by atoms with E-state index < -0.39 is 0 Å². The molecule has 2 amide bonds. The molecule has 4 N–H and O–H groups in total. The molecule has 10 nitrogen and oxygen atoms in total. The Balaban J connectivity index is 1.29. The molecule has 0 radical (unpaired) electrons. The molecular weight excluding hydrogens is 540 g/mol. The van der Waals surface area contributed by atoms with Crippen LogP contribution >= 0.6 is 0 Å². The Morgan fingerprint density at radius 1 is 1.02 bits per heavy atom. The second-order valence-corrected chi connectivity index (χ2v) is 10.2. The largest absolute Gasteiger partial charge is 0.360 e. The predicted octanol–water partition coefficient (Wildman–Crippen LogP) is 5.86. The lowest BCUT2D eigenvalue weighted by Crippen LogP contribution is -2.14. The molecule has 0 saturated carbocycles. The van der Waals surface area contributed by atoms with Gasteiger partial charge in [0, 0.05) is 57.9 Å². The summed E-state index contributed by atoms with van der Waals surface area (Å²) in [6.07, 6.45) is 6.59. The van der Waals surface area contributed by atoms with Crippen LogP contribution in [0.25, 0.3) is 22.2 Å². The van der Waals surface area contributed by atoms with Crippen LogP contribution in [0.3, 0.4) is 0 Å².